The summed E-state index contributed by atoms with van der Waals surface area (Å²) in [5.74, 6) is 1.78. The van der Waals surface area contributed by atoms with Crippen molar-refractivity contribution in [2.75, 3.05) is 13.1 Å². The topological polar surface area (TPSA) is 92.5 Å². The van der Waals surface area contributed by atoms with Crippen molar-refractivity contribution in [1.29, 1.82) is 0 Å². The lowest BCUT2D eigenvalue weighted by Crippen LogP contribution is -2.38. The van der Waals surface area contributed by atoms with Gasteiger partial charge in [0.15, 0.2) is 11.5 Å². The fourth-order valence-corrected chi connectivity index (χ4v) is 5.12. The van der Waals surface area contributed by atoms with E-state index in [4.69, 9.17) is 11.6 Å². The first kappa shape index (κ1) is 34.0. The van der Waals surface area contributed by atoms with Crippen LogP contribution in [0.4, 0.5) is 26.3 Å². The van der Waals surface area contributed by atoms with Gasteiger partial charge in [-0.15, -0.1) is 0 Å². The summed E-state index contributed by atoms with van der Waals surface area (Å²) < 4.78 is 84.8. The number of carboxylic acid groups (broad SMARTS) is 1. The average molecular weight is 634 g/mol. The first-order valence-electron chi connectivity index (χ1n) is 13.2. The van der Waals surface area contributed by atoms with Crippen LogP contribution in [0.2, 0.25) is 5.02 Å². The predicted molar refractivity (Wildman–Crippen MR) is 144 cm³/mol. The van der Waals surface area contributed by atoms with Crippen molar-refractivity contribution in [3.8, 4) is 11.8 Å². The number of hydrogen-bond donors (Lipinski definition) is 1. The van der Waals surface area contributed by atoms with E-state index in [1.165, 1.54) is 6.92 Å². The molecule has 234 valence electrons. The van der Waals surface area contributed by atoms with Gasteiger partial charge >= 0.3 is 18.3 Å². The summed E-state index contributed by atoms with van der Waals surface area (Å²) in [4.78, 5) is 39.0. The molecule has 0 spiro atoms. The van der Waals surface area contributed by atoms with E-state index in [-0.39, 0.29) is 25.7 Å². The fraction of sp³-hybridized carbons (Fsp3) is 0.517. The zero-order valence-corrected chi connectivity index (χ0v) is 24.5. The van der Waals surface area contributed by atoms with Crippen LogP contribution >= 0.6 is 11.6 Å². The molecule has 1 aliphatic carbocycles. The molecule has 1 N–H and O–H groups in total. The normalized spacial score (nSPS) is 19.4. The predicted octanol–water partition coefficient (Wildman–Crippen LogP) is 7.15. The third-order valence-corrected chi connectivity index (χ3v) is 7.48. The van der Waals surface area contributed by atoms with Crippen molar-refractivity contribution in [2.45, 2.75) is 71.8 Å². The molecule has 0 unspecified atom stereocenters. The second kappa shape index (κ2) is 12.2. The summed E-state index contributed by atoms with van der Waals surface area (Å²) >= 11 is 5.94. The van der Waals surface area contributed by atoms with Crippen LogP contribution in [0.15, 0.2) is 24.4 Å². The molecule has 0 atom stereocenters. The molecule has 1 amide bonds. The highest BCUT2D eigenvalue weighted by Crippen LogP contribution is 2.43. The minimum atomic E-state index is -5.09. The minimum absolute atomic E-state index is 0.0488. The van der Waals surface area contributed by atoms with Gasteiger partial charge in [0.05, 0.1) is 52.5 Å². The summed E-state index contributed by atoms with van der Waals surface area (Å²) in [5.41, 5.74) is -6.31. The number of ketones is 1. The highest BCUT2D eigenvalue weighted by atomic mass is 35.5. The standard InChI is InChI=1S/C29H30ClF6N3O4/c1-26(2,3)11-6-14-38(16-21(40)22-19(28(31,32)33)7-5-8-20(22)30)24(41)18-15-37-39(23(18)29(34,35)36)17-9-12-27(4,13-10-17)25(42)43/h5,7-8,15,17H,9-10,12-14,16H2,1-4H3,(H,42,43). The Morgan fingerprint density at radius 2 is 1.70 bits per heavy atom. The molecular weight excluding hydrogens is 604 g/mol. The lowest BCUT2D eigenvalue weighted by Gasteiger charge is -2.34. The van der Waals surface area contributed by atoms with E-state index in [9.17, 15) is 45.8 Å². The molecule has 0 bridgehead atoms. The second-order valence-electron chi connectivity index (χ2n) is 11.7. The Balaban J connectivity index is 2.04. The van der Waals surface area contributed by atoms with E-state index in [1.807, 2.05) is 0 Å². The number of Topliss-reactive ketones (excluding diaryl/α,β-unsaturated/α-hetero) is 1. The Labute approximate surface area is 249 Å². The smallest absolute Gasteiger partial charge is 0.433 e. The van der Waals surface area contributed by atoms with Gasteiger partial charge in [-0.25, -0.2) is 0 Å². The van der Waals surface area contributed by atoms with Gasteiger partial charge < -0.3 is 10.0 Å². The molecule has 0 saturated heterocycles. The maximum absolute atomic E-state index is 14.4. The van der Waals surface area contributed by atoms with Crippen molar-refractivity contribution in [3.63, 3.8) is 0 Å². The van der Waals surface area contributed by atoms with E-state index >= 15 is 0 Å². The molecule has 14 heteroatoms. The quantitative estimate of drug-likeness (QED) is 0.199. The third kappa shape index (κ3) is 7.90. The Morgan fingerprint density at radius 1 is 1.09 bits per heavy atom. The Bertz CT molecular complexity index is 1460. The third-order valence-electron chi connectivity index (χ3n) is 7.17. The highest BCUT2D eigenvalue weighted by Gasteiger charge is 2.45. The van der Waals surface area contributed by atoms with Crippen molar-refractivity contribution in [3.05, 3.63) is 51.8 Å². The van der Waals surface area contributed by atoms with E-state index < -0.39 is 87.4 Å². The van der Waals surface area contributed by atoms with Gasteiger partial charge in [0.25, 0.3) is 5.91 Å². The van der Waals surface area contributed by atoms with Crippen LogP contribution in [0, 0.1) is 22.7 Å². The Morgan fingerprint density at radius 3 is 2.21 bits per heavy atom. The number of halogens is 7. The van der Waals surface area contributed by atoms with E-state index in [0.717, 1.165) is 12.1 Å². The molecule has 1 aromatic carbocycles. The summed E-state index contributed by atoms with van der Waals surface area (Å²) in [6.45, 7) is 5.06. The number of aromatic nitrogens is 2. The van der Waals surface area contributed by atoms with Crippen LogP contribution in [-0.4, -0.2) is 50.5 Å². The molecule has 0 aliphatic heterocycles. The van der Waals surface area contributed by atoms with Crippen molar-refractivity contribution < 1.29 is 45.8 Å². The first-order chi connectivity index (χ1) is 19.7. The van der Waals surface area contributed by atoms with Crippen molar-refractivity contribution in [1.82, 2.24) is 14.7 Å². The van der Waals surface area contributed by atoms with E-state index in [0.29, 0.717) is 21.8 Å². The Kier molecular flexibility index (Phi) is 9.66. The first-order valence-corrected chi connectivity index (χ1v) is 13.6. The summed E-state index contributed by atoms with van der Waals surface area (Å²) in [6.07, 6.45) is -9.11. The number of nitrogens with zero attached hydrogens (tertiary/aromatic N) is 3. The molecule has 0 radical (unpaired) electrons. The van der Waals surface area contributed by atoms with Gasteiger partial charge in [-0.1, -0.05) is 29.5 Å². The molecule has 1 heterocycles. The fourth-order valence-electron chi connectivity index (χ4n) is 4.84. The number of carbonyl (C=O) groups excluding carboxylic acids is 2. The number of rotatable bonds is 7. The second-order valence-corrected chi connectivity index (χ2v) is 12.1. The number of carbonyl (C=O) groups is 3. The molecule has 3 rings (SSSR count). The monoisotopic (exact) mass is 633 g/mol. The maximum atomic E-state index is 14.4. The Hall–Kier alpha value is -3.53. The van der Waals surface area contributed by atoms with Crippen molar-refractivity contribution >= 4 is 29.3 Å². The number of amides is 1. The molecule has 1 aliphatic rings. The number of benzene rings is 1. The average Bonchev–Trinajstić information content (AvgIpc) is 3.32. The van der Waals surface area contributed by atoms with Crippen molar-refractivity contribution in [2.24, 2.45) is 10.8 Å². The van der Waals surface area contributed by atoms with Gasteiger partial charge in [-0.3, -0.25) is 19.1 Å². The zero-order chi connectivity index (χ0) is 32.5. The van der Waals surface area contributed by atoms with Crippen LogP contribution in [0.5, 0.6) is 0 Å². The van der Waals surface area contributed by atoms with Gasteiger partial charge in [0, 0.05) is 5.41 Å². The number of alkyl halides is 6. The van der Waals surface area contributed by atoms with Crippen LogP contribution < -0.4 is 0 Å². The summed E-state index contributed by atoms with van der Waals surface area (Å²) in [7, 11) is 0. The van der Waals surface area contributed by atoms with Gasteiger partial charge in [0.1, 0.15) is 0 Å². The lowest BCUT2D eigenvalue weighted by atomic mass is 9.74. The minimum Gasteiger partial charge on any atom is -0.481 e. The summed E-state index contributed by atoms with van der Waals surface area (Å²) in [6, 6.07) is 1.82. The SMILES string of the molecule is CC(C)(C)C#CCN(CC(=O)c1c(Cl)cccc1C(F)(F)F)C(=O)c1cnn(C2CCC(C)(C(=O)O)CC2)c1C(F)(F)F. The molecule has 1 saturated carbocycles. The highest BCUT2D eigenvalue weighted by molar-refractivity contribution is 6.34. The molecule has 2 aromatic rings. The van der Waals surface area contributed by atoms with E-state index in [1.54, 1.807) is 20.8 Å². The van der Waals surface area contributed by atoms with Crippen LogP contribution in [0.3, 0.4) is 0 Å². The maximum Gasteiger partial charge on any atom is 0.433 e. The zero-order valence-electron chi connectivity index (χ0n) is 23.8. The van der Waals surface area contributed by atoms with Gasteiger partial charge in [-0.2, -0.15) is 31.4 Å². The molecular formula is C29H30ClF6N3O4. The number of hydrogen-bond acceptors (Lipinski definition) is 4. The van der Waals surface area contributed by atoms with Gasteiger partial charge in [-0.05, 0) is 65.5 Å². The molecule has 7 nitrogen and oxygen atoms in total. The largest absolute Gasteiger partial charge is 0.481 e. The van der Waals surface area contributed by atoms with Crippen LogP contribution in [0.1, 0.15) is 91.4 Å². The van der Waals surface area contributed by atoms with Crippen LogP contribution in [-0.2, 0) is 17.1 Å². The number of aliphatic carboxylic acids is 1. The van der Waals surface area contributed by atoms with E-state index in [2.05, 4.69) is 16.9 Å². The molecule has 1 fully saturated rings. The van der Waals surface area contributed by atoms with Gasteiger partial charge in [0.2, 0.25) is 0 Å². The molecule has 1 aromatic heterocycles. The number of carboxylic acids is 1. The summed E-state index contributed by atoms with van der Waals surface area (Å²) in [5, 5.41) is 12.8. The molecule has 43 heavy (non-hydrogen) atoms. The lowest BCUT2D eigenvalue weighted by molar-refractivity contribution is -0.152. The van der Waals surface area contributed by atoms with Crippen LogP contribution in [0.25, 0.3) is 0 Å².